The third-order valence-corrected chi connectivity index (χ3v) is 3.63. The molecule has 2 unspecified atom stereocenters. The Bertz CT molecular complexity index is 369. The van der Waals surface area contributed by atoms with E-state index < -0.39 is 18.4 Å². The summed E-state index contributed by atoms with van der Waals surface area (Å²) >= 11 is 0. The predicted octanol–water partition coefficient (Wildman–Crippen LogP) is 1.34. The van der Waals surface area contributed by atoms with Gasteiger partial charge in [0, 0.05) is 7.05 Å². The summed E-state index contributed by atoms with van der Waals surface area (Å²) in [6.07, 6.45) is -2.40. The fourth-order valence-electron chi connectivity index (χ4n) is 2.53. The molecule has 116 valence electrons. The SMILES string of the molecule is CC(O[C@H]1OC(C(C)C)[C@@H](C(C)C)N(C)C1=O)C(=O)O. The molecule has 6 heteroatoms. The van der Waals surface area contributed by atoms with Gasteiger partial charge in [0.15, 0.2) is 6.10 Å². The molecule has 0 saturated carbocycles. The highest BCUT2D eigenvalue weighted by Gasteiger charge is 2.44. The second kappa shape index (κ2) is 6.54. The second-order valence-corrected chi connectivity index (χ2v) is 5.98. The van der Waals surface area contributed by atoms with E-state index in [1.165, 1.54) is 6.92 Å². The zero-order chi connectivity index (χ0) is 15.6. The first-order chi connectivity index (χ1) is 9.16. The van der Waals surface area contributed by atoms with E-state index >= 15 is 0 Å². The van der Waals surface area contributed by atoms with Crippen LogP contribution in [0.5, 0.6) is 0 Å². The van der Waals surface area contributed by atoms with E-state index in [2.05, 4.69) is 0 Å². The first kappa shape index (κ1) is 16.9. The molecule has 20 heavy (non-hydrogen) atoms. The Morgan fingerprint density at radius 2 is 1.80 bits per heavy atom. The van der Waals surface area contributed by atoms with Crippen molar-refractivity contribution in [3.63, 3.8) is 0 Å². The normalized spacial score (nSPS) is 29.1. The molecule has 1 rings (SSSR count). The number of carboxylic acids is 1. The van der Waals surface area contributed by atoms with Crippen molar-refractivity contribution in [1.82, 2.24) is 4.90 Å². The van der Waals surface area contributed by atoms with E-state index in [1.54, 1.807) is 11.9 Å². The molecule has 0 aromatic rings. The molecule has 0 aliphatic carbocycles. The summed E-state index contributed by atoms with van der Waals surface area (Å²) in [5.74, 6) is -0.997. The highest BCUT2D eigenvalue weighted by Crippen LogP contribution is 2.29. The number of morpholine rings is 1. The van der Waals surface area contributed by atoms with Gasteiger partial charge in [0.25, 0.3) is 5.91 Å². The second-order valence-electron chi connectivity index (χ2n) is 5.98. The molecule has 0 aromatic heterocycles. The fraction of sp³-hybridized carbons (Fsp3) is 0.857. The Morgan fingerprint density at radius 1 is 1.25 bits per heavy atom. The van der Waals surface area contributed by atoms with Crippen molar-refractivity contribution in [3.8, 4) is 0 Å². The highest BCUT2D eigenvalue weighted by molar-refractivity contribution is 5.81. The minimum Gasteiger partial charge on any atom is -0.479 e. The molecule has 1 N–H and O–H groups in total. The minimum absolute atomic E-state index is 0.0394. The first-order valence-electron chi connectivity index (χ1n) is 6.97. The van der Waals surface area contributed by atoms with Crippen LogP contribution in [0, 0.1) is 11.8 Å². The number of amides is 1. The Balaban J connectivity index is 2.92. The van der Waals surface area contributed by atoms with Crippen LogP contribution in [0.2, 0.25) is 0 Å². The summed E-state index contributed by atoms with van der Waals surface area (Å²) < 4.78 is 11.0. The van der Waals surface area contributed by atoms with Crippen LogP contribution >= 0.6 is 0 Å². The first-order valence-corrected chi connectivity index (χ1v) is 6.97. The number of nitrogens with zero attached hydrogens (tertiary/aromatic N) is 1. The Hall–Kier alpha value is -1.14. The Morgan fingerprint density at radius 3 is 2.20 bits per heavy atom. The molecule has 0 spiro atoms. The number of carbonyl (C=O) groups is 2. The summed E-state index contributed by atoms with van der Waals surface area (Å²) in [5, 5.41) is 8.87. The van der Waals surface area contributed by atoms with Crippen LogP contribution in [0.15, 0.2) is 0 Å². The fourth-order valence-corrected chi connectivity index (χ4v) is 2.53. The van der Waals surface area contributed by atoms with Crippen LogP contribution in [0.3, 0.4) is 0 Å². The van der Waals surface area contributed by atoms with E-state index in [0.29, 0.717) is 0 Å². The summed E-state index contributed by atoms with van der Waals surface area (Å²) in [4.78, 5) is 24.7. The summed E-state index contributed by atoms with van der Waals surface area (Å²) in [6.45, 7) is 9.49. The molecule has 1 heterocycles. The van der Waals surface area contributed by atoms with E-state index in [1.807, 2.05) is 27.7 Å². The van der Waals surface area contributed by atoms with Gasteiger partial charge < -0.3 is 19.5 Å². The number of ether oxygens (including phenoxy) is 2. The lowest BCUT2D eigenvalue weighted by molar-refractivity contribution is -0.244. The number of likely N-dealkylation sites (N-methyl/N-ethyl adjacent to an activating group) is 1. The lowest BCUT2D eigenvalue weighted by Crippen LogP contribution is -2.61. The van der Waals surface area contributed by atoms with Gasteiger partial charge >= 0.3 is 5.97 Å². The quantitative estimate of drug-likeness (QED) is 0.825. The topological polar surface area (TPSA) is 76.1 Å². The summed E-state index contributed by atoms with van der Waals surface area (Å²) in [5.41, 5.74) is 0. The number of carboxylic acid groups (broad SMARTS) is 1. The van der Waals surface area contributed by atoms with Crippen LogP contribution in [0.25, 0.3) is 0 Å². The standard InChI is InChI=1S/C14H25NO5/c1-7(2)10-11(8(3)4)20-14(12(16)15(10)6)19-9(5)13(17)18/h7-11,14H,1-6H3,(H,17,18)/t9?,10-,11?,14+/m1/s1. The van der Waals surface area contributed by atoms with E-state index in [9.17, 15) is 9.59 Å². The molecule has 1 aliphatic heterocycles. The van der Waals surface area contributed by atoms with Crippen LogP contribution in [0.1, 0.15) is 34.6 Å². The summed E-state index contributed by atoms with van der Waals surface area (Å²) in [6, 6.07) is -0.0394. The third kappa shape index (κ3) is 3.49. The number of hydrogen-bond acceptors (Lipinski definition) is 4. The van der Waals surface area contributed by atoms with Gasteiger partial charge in [-0.2, -0.15) is 0 Å². The zero-order valence-electron chi connectivity index (χ0n) is 13.0. The Kier molecular flexibility index (Phi) is 5.53. The molecule has 1 amide bonds. The maximum Gasteiger partial charge on any atom is 0.332 e. The number of rotatable bonds is 5. The summed E-state index contributed by atoms with van der Waals surface area (Å²) in [7, 11) is 1.71. The van der Waals surface area contributed by atoms with Gasteiger partial charge in [0.05, 0.1) is 12.1 Å². The van der Waals surface area contributed by atoms with Crippen molar-refractivity contribution in [2.45, 2.75) is 59.2 Å². The van der Waals surface area contributed by atoms with Crippen LogP contribution < -0.4 is 0 Å². The van der Waals surface area contributed by atoms with Gasteiger partial charge in [-0.25, -0.2) is 4.79 Å². The van der Waals surface area contributed by atoms with Crippen molar-refractivity contribution in [2.24, 2.45) is 11.8 Å². The van der Waals surface area contributed by atoms with Gasteiger partial charge in [-0.05, 0) is 18.8 Å². The molecule has 6 nitrogen and oxygen atoms in total. The number of aliphatic carboxylic acids is 1. The molecule has 1 fully saturated rings. The van der Waals surface area contributed by atoms with Crippen molar-refractivity contribution in [2.75, 3.05) is 7.05 Å². The molecule has 0 bridgehead atoms. The average molecular weight is 287 g/mol. The van der Waals surface area contributed by atoms with E-state index in [4.69, 9.17) is 14.6 Å². The zero-order valence-corrected chi connectivity index (χ0v) is 13.0. The molecular formula is C14H25NO5. The van der Waals surface area contributed by atoms with Gasteiger partial charge in [-0.15, -0.1) is 0 Å². The predicted molar refractivity (Wildman–Crippen MR) is 73.1 cm³/mol. The average Bonchev–Trinajstić information content (AvgIpc) is 2.33. The smallest absolute Gasteiger partial charge is 0.332 e. The van der Waals surface area contributed by atoms with Crippen molar-refractivity contribution in [1.29, 1.82) is 0 Å². The van der Waals surface area contributed by atoms with Gasteiger partial charge in [-0.1, -0.05) is 27.7 Å². The third-order valence-electron chi connectivity index (χ3n) is 3.63. The van der Waals surface area contributed by atoms with Crippen LogP contribution in [0.4, 0.5) is 0 Å². The van der Waals surface area contributed by atoms with E-state index in [-0.39, 0.29) is 29.9 Å². The monoisotopic (exact) mass is 287 g/mol. The molecule has 0 radical (unpaired) electrons. The maximum atomic E-state index is 12.2. The lowest BCUT2D eigenvalue weighted by atomic mass is 9.89. The van der Waals surface area contributed by atoms with Crippen LogP contribution in [-0.4, -0.2) is 53.5 Å². The van der Waals surface area contributed by atoms with Gasteiger partial charge in [0.2, 0.25) is 6.29 Å². The van der Waals surface area contributed by atoms with E-state index in [0.717, 1.165) is 0 Å². The number of hydrogen-bond donors (Lipinski definition) is 1. The molecule has 1 saturated heterocycles. The van der Waals surface area contributed by atoms with Crippen molar-refractivity contribution in [3.05, 3.63) is 0 Å². The Labute approximate surface area is 120 Å². The molecule has 4 atom stereocenters. The number of carbonyl (C=O) groups excluding carboxylic acids is 1. The maximum absolute atomic E-state index is 12.2. The highest BCUT2D eigenvalue weighted by atomic mass is 16.7. The molecule has 0 aromatic carbocycles. The largest absolute Gasteiger partial charge is 0.479 e. The lowest BCUT2D eigenvalue weighted by Gasteiger charge is -2.46. The van der Waals surface area contributed by atoms with Gasteiger partial charge in [-0.3, -0.25) is 4.79 Å². The van der Waals surface area contributed by atoms with Gasteiger partial charge in [0.1, 0.15) is 0 Å². The minimum atomic E-state index is -1.14. The van der Waals surface area contributed by atoms with Crippen molar-refractivity contribution >= 4 is 11.9 Å². The van der Waals surface area contributed by atoms with Crippen LogP contribution in [-0.2, 0) is 19.1 Å². The molecule has 1 aliphatic rings. The molecular weight excluding hydrogens is 262 g/mol. The van der Waals surface area contributed by atoms with Crippen molar-refractivity contribution < 1.29 is 24.2 Å².